The number of nitrogens with one attached hydrogen (secondary N) is 1. The van der Waals surface area contributed by atoms with E-state index in [-0.39, 0.29) is 35.4 Å². The van der Waals surface area contributed by atoms with Crippen LogP contribution in [-0.2, 0) is 32.6 Å². The van der Waals surface area contributed by atoms with Crippen molar-refractivity contribution >= 4 is 39.1 Å². The van der Waals surface area contributed by atoms with Gasteiger partial charge >= 0.3 is 0 Å². The Bertz CT molecular complexity index is 1700. The fourth-order valence-corrected chi connectivity index (χ4v) is 6.45. The summed E-state index contributed by atoms with van der Waals surface area (Å²) in [5.74, 6) is -0.623. The smallest absolute Gasteiger partial charge is 0.264 e. The first kappa shape index (κ1) is 33.7. The average Bonchev–Trinajstić information content (AvgIpc) is 3.03. The van der Waals surface area contributed by atoms with Crippen LogP contribution in [0.4, 0.5) is 5.69 Å². The van der Waals surface area contributed by atoms with Crippen molar-refractivity contribution in [3.63, 3.8) is 0 Å². The van der Waals surface area contributed by atoms with Crippen molar-refractivity contribution < 1.29 is 18.0 Å². The first-order valence-corrected chi connectivity index (χ1v) is 16.8. The molecule has 0 heterocycles. The zero-order valence-corrected chi connectivity index (χ0v) is 27.7. The van der Waals surface area contributed by atoms with Crippen molar-refractivity contribution in [3.05, 3.63) is 130 Å². The van der Waals surface area contributed by atoms with Crippen LogP contribution < -0.4 is 9.62 Å². The second kappa shape index (κ2) is 15.2. The number of sulfonamides is 1. The van der Waals surface area contributed by atoms with Gasteiger partial charge in [-0.1, -0.05) is 110 Å². The molecule has 7 nitrogen and oxygen atoms in total. The van der Waals surface area contributed by atoms with E-state index in [9.17, 15) is 18.0 Å². The summed E-state index contributed by atoms with van der Waals surface area (Å²) in [5.41, 5.74) is 3.78. The third-order valence-electron chi connectivity index (χ3n) is 7.48. The van der Waals surface area contributed by atoms with E-state index in [2.05, 4.69) is 5.32 Å². The lowest BCUT2D eigenvalue weighted by Crippen LogP contribution is -2.53. The number of benzene rings is 4. The summed E-state index contributed by atoms with van der Waals surface area (Å²) in [4.78, 5) is 29.9. The summed E-state index contributed by atoms with van der Waals surface area (Å²) in [7, 11) is -4.19. The van der Waals surface area contributed by atoms with Crippen LogP contribution >= 0.6 is 11.6 Å². The molecule has 0 bridgehead atoms. The zero-order valence-electron chi connectivity index (χ0n) is 26.1. The lowest BCUT2D eigenvalue weighted by Gasteiger charge is -2.34. The third-order valence-corrected chi connectivity index (χ3v) is 9.68. The SMILES string of the molecule is Cc1ccc(CN(C(=O)CN(c2ccc(C)c(Cl)c2)S(=O)(=O)c2ccccc2)C(Cc2ccccc2)C(=O)NCC(C)C)cc1. The fourth-order valence-electron chi connectivity index (χ4n) is 4.85. The molecule has 4 aromatic carbocycles. The Hall–Kier alpha value is -4.14. The van der Waals surface area contributed by atoms with Crippen LogP contribution in [0.5, 0.6) is 0 Å². The van der Waals surface area contributed by atoms with Gasteiger partial charge in [0.15, 0.2) is 0 Å². The second-order valence-corrected chi connectivity index (χ2v) is 13.9. The summed E-state index contributed by atoms with van der Waals surface area (Å²) in [5, 5.41) is 3.38. The number of amides is 2. The number of hydrogen-bond donors (Lipinski definition) is 1. The van der Waals surface area contributed by atoms with E-state index in [0.717, 1.165) is 26.6 Å². The Morgan fingerprint density at radius 1 is 0.822 bits per heavy atom. The van der Waals surface area contributed by atoms with Gasteiger partial charge in [-0.2, -0.15) is 0 Å². The van der Waals surface area contributed by atoms with Crippen molar-refractivity contribution in [2.24, 2.45) is 5.92 Å². The average molecular weight is 646 g/mol. The molecule has 4 rings (SSSR count). The Balaban J connectivity index is 1.80. The molecule has 0 saturated carbocycles. The predicted octanol–water partition coefficient (Wildman–Crippen LogP) is 6.56. The number of carbonyl (C=O) groups excluding carboxylic acids is 2. The maximum atomic E-state index is 14.5. The number of halogens is 1. The molecular formula is C36H40ClN3O4S. The molecule has 0 aliphatic carbocycles. The van der Waals surface area contributed by atoms with Crippen molar-refractivity contribution in [3.8, 4) is 0 Å². The number of hydrogen-bond acceptors (Lipinski definition) is 4. The van der Waals surface area contributed by atoms with E-state index >= 15 is 0 Å². The van der Waals surface area contributed by atoms with Crippen LogP contribution in [0, 0.1) is 19.8 Å². The second-order valence-electron chi connectivity index (χ2n) is 11.6. The number of anilines is 1. The van der Waals surface area contributed by atoms with Gasteiger partial charge < -0.3 is 10.2 Å². The minimum Gasteiger partial charge on any atom is -0.354 e. The third kappa shape index (κ3) is 8.96. The molecule has 0 spiro atoms. The van der Waals surface area contributed by atoms with Crippen LogP contribution in [-0.4, -0.2) is 44.3 Å². The first-order chi connectivity index (χ1) is 21.5. The molecule has 0 radical (unpaired) electrons. The van der Waals surface area contributed by atoms with Crippen LogP contribution in [0.15, 0.2) is 108 Å². The predicted molar refractivity (Wildman–Crippen MR) is 181 cm³/mol. The van der Waals surface area contributed by atoms with Crippen LogP contribution in [0.2, 0.25) is 5.02 Å². The van der Waals surface area contributed by atoms with Gasteiger partial charge in [-0.3, -0.25) is 13.9 Å². The highest BCUT2D eigenvalue weighted by atomic mass is 35.5. The number of aryl methyl sites for hydroxylation is 2. The van der Waals surface area contributed by atoms with Crippen molar-refractivity contribution in [2.45, 2.75) is 51.6 Å². The maximum absolute atomic E-state index is 14.5. The highest BCUT2D eigenvalue weighted by Crippen LogP contribution is 2.29. The Labute approximate surface area is 271 Å². The van der Waals surface area contributed by atoms with Crippen LogP contribution in [0.3, 0.4) is 0 Å². The highest BCUT2D eigenvalue weighted by Gasteiger charge is 2.34. The topological polar surface area (TPSA) is 86.8 Å². The Morgan fingerprint density at radius 3 is 2.04 bits per heavy atom. The van der Waals surface area contributed by atoms with Gasteiger partial charge in [-0.15, -0.1) is 0 Å². The molecule has 0 saturated heterocycles. The molecule has 45 heavy (non-hydrogen) atoms. The highest BCUT2D eigenvalue weighted by molar-refractivity contribution is 7.92. The molecule has 9 heteroatoms. The van der Waals surface area contributed by atoms with Gasteiger partial charge in [0.25, 0.3) is 10.0 Å². The van der Waals surface area contributed by atoms with E-state index in [4.69, 9.17) is 11.6 Å². The normalized spacial score (nSPS) is 12.0. The van der Waals surface area contributed by atoms with Crippen LogP contribution in [0.25, 0.3) is 0 Å². The fraction of sp³-hybridized carbons (Fsp3) is 0.278. The summed E-state index contributed by atoms with van der Waals surface area (Å²) >= 11 is 6.45. The van der Waals surface area contributed by atoms with Gasteiger partial charge in [0.1, 0.15) is 12.6 Å². The summed E-state index contributed by atoms with van der Waals surface area (Å²) in [6.45, 7) is 7.81. The monoisotopic (exact) mass is 645 g/mol. The van der Waals surface area contributed by atoms with E-state index in [1.54, 1.807) is 36.4 Å². The van der Waals surface area contributed by atoms with Gasteiger partial charge in [-0.25, -0.2) is 8.42 Å². The van der Waals surface area contributed by atoms with E-state index in [0.29, 0.717) is 11.6 Å². The largest absolute Gasteiger partial charge is 0.354 e. The van der Waals surface area contributed by atoms with Crippen molar-refractivity contribution in [2.75, 3.05) is 17.4 Å². The van der Waals surface area contributed by atoms with Gasteiger partial charge in [0.05, 0.1) is 10.6 Å². The molecular weight excluding hydrogens is 606 g/mol. The molecule has 1 N–H and O–H groups in total. The molecule has 0 aliphatic heterocycles. The zero-order chi connectivity index (χ0) is 32.6. The number of nitrogens with zero attached hydrogens (tertiary/aromatic N) is 2. The van der Waals surface area contributed by atoms with E-state index in [1.165, 1.54) is 17.0 Å². The molecule has 2 amide bonds. The van der Waals surface area contributed by atoms with Crippen LogP contribution in [0.1, 0.15) is 36.1 Å². The number of rotatable bonds is 13. The lowest BCUT2D eigenvalue weighted by atomic mass is 10.0. The summed E-state index contributed by atoms with van der Waals surface area (Å²) in [6.07, 6.45) is 0.254. The van der Waals surface area contributed by atoms with Crippen molar-refractivity contribution in [1.29, 1.82) is 0 Å². The number of carbonyl (C=O) groups is 2. The lowest BCUT2D eigenvalue weighted by molar-refractivity contribution is -0.140. The van der Waals surface area contributed by atoms with Gasteiger partial charge in [-0.05, 0) is 60.7 Å². The molecule has 0 aliphatic rings. The van der Waals surface area contributed by atoms with Crippen molar-refractivity contribution in [1.82, 2.24) is 10.2 Å². The minimum absolute atomic E-state index is 0.0371. The molecule has 236 valence electrons. The van der Waals surface area contributed by atoms with Gasteiger partial charge in [0.2, 0.25) is 11.8 Å². The van der Waals surface area contributed by atoms with E-state index in [1.807, 2.05) is 82.3 Å². The molecule has 0 fully saturated rings. The minimum atomic E-state index is -4.19. The van der Waals surface area contributed by atoms with Gasteiger partial charge in [0, 0.05) is 24.5 Å². The first-order valence-electron chi connectivity index (χ1n) is 15.0. The summed E-state index contributed by atoms with van der Waals surface area (Å²) < 4.78 is 29.2. The van der Waals surface area contributed by atoms with E-state index < -0.39 is 28.5 Å². The Kier molecular flexibility index (Phi) is 11.4. The standard InChI is InChI=1S/C36H40ClN3O4S/c1-26(2)23-38-36(42)34(21-29-11-7-5-8-12-29)39(24-30-18-15-27(3)16-19-30)35(41)25-40(31-20-17-28(4)33(37)22-31)45(43,44)32-13-9-6-10-14-32/h5-20,22,26,34H,21,23-25H2,1-4H3,(H,38,42). The molecule has 0 aromatic heterocycles. The molecule has 1 unspecified atom stereocenters. The molecule has 4 aromatic rings. The quantitative estimate of drug-likeness (QED) is 0.178. The Morgan fingerprint density at radius 2 is 1.44 bits per heavy atom. The summed E-state index contributed by atoms with van der Waals surface area (Å²) in [6, 6.07) is 29.2. The molecule has 1 atom stereocenters. The maximum Gasteiger partial charge on any atom is 0.264 e.